The lowest BCUT2D eigenvalue weighted by Gasteiger charge is -2.42. The molecule has 142 valence electrons. The van der Waals surface area contributed by atoms with E-state index in [1.54, 1.807) is 4.90 Å². The maximum Gasteiger partial charge on any atom is 0.256 e. The van der Waals surface area contributed by atoms with Gasteiger partial charge in [0.1, 0.15) is 12.2 Å². The van der Waals surface area contributed by atoms with Gasteiger partial charge in [-0.1, -0.05) is 69.3 Å². The van der Waals surface area contributed by atoms with Crippen molar-refractivity contribution in [2.45, 2.75) is 52.9 Å². The van der Waals surface area contributed by atoms with E-state index in [2.05, 4.69) is 20.8 Å². The van der Waals surface area contributed by atoms with Crippen LogP contribution in [0.5, 0.6) is 0 Å². The molecule has 1 heterocycles. The van der Waals surface area contributed by atoms with Crippen molar-refractivity contribution in [2.75, 3.05) is 0 Å². The molecule has 2 aromatic carbocycles. The average Bonchev–Trinajstić information content (AvgIpc) is 2.93. The van der Waals surface area contributed by atoms with E-state index < -0.39 is 6.04 Å². The fourth-order valence-corrected chi connectivity index (χ4v) is 3.95. The van der Waals surface area contributed by atoms with Crippen molar-refractivity contribution in [3.8, 4) is 0 Å². The van der Waals surface area contributed by atoms with Crippen LogP contribution in [0.3, 0.4) is 0 Å². The summed E-state index contributed by atoms with van der Waals surface area (Å²) in [5, 5.41) is 0. The van der Waals surface area contributed by atoms with Crippen LogP contribution >= 0.6 is 0 Å². The third-order valence-electron chi connectivity index (χ3n) is 5.29. The lowest BCUT2D eigenvalue weighted by atomic mass is 9.89. The molecule has 27 heavy (non-hydrogen) atoms. The highest BCUT2D eigenvalue weighted by atomic mass is 16.2. The van der Waals surface area contributed by atoms with Crippen LogP contribution in [-0.4, -0.2) is 33.8 Å². The summed E-state index contributed by atoms with van der Waals surface area (Å²) in [6.07, 6.45) is -0.317. The topological polar surface area (TPSA) is 40.6 Å². The highest BCUT2D eigenvalue weighted by Gasteiger charge is 2.52. The smallest absolute Gasteiger partial charge is 0.256 e. The predicted molar refractivity (Wildman–Crippen MR) is 107 cm³/mol. The zero-order valence-corrected chi connectivity index (χ0v) is 16.7. The molecule has 3 atom stereocenters. The van der Waals surface area contributed by atoms with Crippen LogP contribution < -0.4 is 0 Å². The molecule has 0 radical (unpaired) electrons. The van der Waals surface area contributed by atoms with E-state index in [1.165, 1.54) is 0 Å². The Labute approximate surface area is 161 Å². The number of rotatable bonds is 3. The van der Waals surface area contributed by atoms with Gasteiger partial charge in [0.05, 0.1) is 6.04 Å². The second-order valence-electron chi connectivity index (χ2n) is 8.33. The fourth-order valence-electron chi connectivity index (χ4n) is 3.95. The Hall–Kier alpha value is -2.62. The van der Waals surface area contributed by atoms with Crippen molar-refractivity contribution in [2.24, 2.45) is 5.41 Å². The van der Waals surface area contributed by atoms with E-state index in [0.717, 1.165) is 5.56 Å². The van der Waals surface area contributed by atoms with Crippen molar-refractivity contribution in [1.82, 2.24) is 9.80 Å². The van der Waals surface area contributed by atoms with Crippen LogP contribution in [0.25, 0.3) is 0 Å². The second kappa shape index (κ2) is 7.18. The largest absolute Gasteiger partial charge is 0.313 e. The third kappa shape index (κ3) is 3.48. The Morgan fingerprint density at radius 1 is 0.963 bits per heavy atom. The molecule has 0 aliphatic carbocycles. The van der Waals surface area contributed by atoms with Crippen LogP contribution in [0.15, 0.2) is 60.7 Å². The van der Waals surface area contributed by atoms with E-state index >= 15 is 0 Å². The molecule has 1 aliphatic rings. The molecule has 0 spiro atoms. The first-order valence-corrected chi connectivity index (χ1v) is 9.48. The summed E-state index contributed by atoms with van der Waals surface area (Å²) in [4.78, 5) is 30.2. The molecule has 1 aliphatic heterocycles. The SMILES string of the molecule is C[C@@H]1C(=O)N([C@H](C)c2ccccc2)[C@@H](C(C)(C)C)N1C(=O)c1ccccc1. The zero-order valence-electron chi connectivity index (χ0n) is 16.7. The maximum atomic E-state index is 13.3. The van der Waals surface area contributed by atoms with Crippen molar-refractivity contribution < 1.29 is 9.59 Å². The first kappa shape index (κ1) is 19.2. The predicted octanol–water partition coefficient (Wildman–Crippen LogP) is 4.49. The number of amides is 2. The highest BCUT2D eigenvalue weighted by molar-refractivity contribution is 5.99. The Kier molecular flexibility index (Phi) is 5.09. The lowest BCUT2D eigenvalue weighted by Crippen LogP contribution is -2.51. The summed E-state index contributed by atoms with van der Waals surface area (Å²) in [5.74, 6) is -0.102. The van der Waals surface area contributed by atoms with Crippen molar-refractivity contribution >= 4 is 11.8 Å². The minimum atomic E-state index is -0.493. The first-order chi connectivity index (χ1) is 12.7. The highest BCUT2D eigenvalue weighted by Crippen LogP contribution is 2.40. The van der Waals surface area contributed by atoms with Crippen LogP contribution in [0.4, 0.5) is 0 Å². The Morgan fingerprint density at radius 3 is 2.00 bits per heavy atom. The van der Waals surface area contributed by atoms with Gasteiger partial charge in [-0.25, -0.2) is 0 Å². The molecule has 4 nitrogen and oxygen atoms in total. The third-order valence-corrected chi connectivity index (χ3v) is 5.29. The van der Waals surface area contributed by atoms with Gasteiger partial charge >= 0.3 is 0 Å². The molecular formula is C23H28N2O2. The fraction of sp³-hybridized carbons (Fsp3) is 0.391. The second-order valence-corrected chi connectivity index (χ2v) is 8.33. The molecule has 1 saturated heterocycles. The zero-order chi connectivity index (χ0) is 19.8. The summed E-state index contributed by atoms with van der Waals surface area (Å²) in [7, 11) is 0. The summed E-state index contributed by atoms with van der Waals surface area (Å²) in [6, 6.07) is 18.6. The van der Waals surface area contributed by atoms with Gasteiger partial charge in [0.2, 0.25) is 5.91 Å². The molecule has 1 fully saturated rings. The van der Waals surface area contributed by atoms with Gasteiger partial charge in [-0.15, -0.1) is 0 Å². The van der Waals surface area contributed by atoms with Gasteiger partial charge in [0, 0.05) is 11.0 Å². The molecule has 0 bridgehead atoms. The van der Waals surface area contributed by atoms with Crippen molar-refractivity contribution in [3.05, 3.63) is 71.8 Å². The van der Waals surface area contributed by atoms with E-state index in [4.69, 9.17) is 0 Å². The minimum absolute atomic E-state index is 0.00411. The normalized spacial score (nSPS) is 21.4. The number of hydrogen-bond acceptors (Lipinski definition) is 2. The van der Waals surface area contributed by atoms with E-state index in [1.807, 2.05) is 79.4 Å². The first-order valence-electron chi connectivity index (χ1n) is 9.48. The van der Waals surface area contributed by atoms with E-state index in [9.17, 15) is 9.59 Å². The van der Waals surface area contributed by atoms with Gasteiger partial charge in [0.25, 0.3) is 5.91 Å². The molecule has 0 aromatic heterocycles. The summed E-state index contributed by atoms with van der Waals surface area (Å²) >= 11 is 0. The summed E-state index contributed by atoms with van der Waals surface area (Å²) < 4.78 is 0. The van der Waals surface area contributed by atoms with Gasteiger partial charge in [-0.2, -0.15) is 0 Å². The van der Waals surface area contributed by atoms with Crippen LogP contribution in [0.1, 0.15) is 56.6 Å². The minimum Gasteiger partial charge on any atom is -0.313 e. The Balaban J connectivity index is 2.04. The van der Waals surface area contributed by atoms with Crippen LogP contribution in [0, 0.1) is 5.41 Å². The van der Waals surface area contributed by atoms with E-state index in [0.29, 0.717) is 5.56 Å². The van der Waals surface area contributed by atoms with Gasteiger partial charge in [-0.05, 0) is 31.5 Å². The van der Waals surface area contributed by atoms with Gasteiger partial charge in [-0.3, -0.25) is 9.59 Å². The number of hydrogen-bond donors (Lipinski definition) is 0. The molecule has 0 unspecified atom stereocenters. The number of benzene rings is 2. The van der Waals surface area contributed by atoms with Crippen LogP contribution in [-0.2, 0) is 4.79 Å². The maximum absolute atomic E-state index is 13.3. The number of carbonyl (C=O) groups is 2. The molecule has 0 saturated carbocycles. The standard InChI is InChI=1S/C23H28N2O2/c1-16(18-12-8-6-9-13-18)24-20(26)17(2)25(22(24)23(3,4)5)21(27)19-14-10-7-11-15-19/h6-17,22H,1-5H3/t16-,17-,22-/m1/s1. The molecule has 4 heteroatoms. The van der Waals surface area contributed by atoms with Gasteiger partial charge in [0.15, 0.2) is 0 Å². The molecular weight excluding hydrogens is 336 g/mol. The summed E-state index contributed by atoms with van der Waals surface area (Å²) in [5.41, 5.74) is 1.40. The number of carbonyl (C=O) groups excluding carboxylic acids is 2. The molecule has 0 N–H and O–H groups in total. The quantitative estimate of drug-likeness (QED) is 0.805. The molecule has 2 aromatic rings. The van der Waals surface area contributed by atoms with E-state index in [-0.39, 0.29) is 29.4 Å². The molecule has 3 rings (SSSR count). The van der Waals surface area contributed by atoms with Crippen molar-refractivity contribution in [1.29, 1.82) is 0 Å². The molecule has 2 amide bonds. The van der Waals surface area contributed by atoms with Crippen molar-refractivity contribution in [3.63, 3.8) is 0 Å². The lowest BCUT2D eigenvalue weighted by molar-refractivity contribution is -0.133. The Bertz CT molecular complexity index is 811. The monoisotopic (exact) mass is 364 g/mol. The average molecular weight is 364 g/mol. The number of nitrogens with zero attached hydrogens (tertiary/aromatic N) is 2. The Morgan fingerprint density at radius 2 is 1.48 bits per heavy atom. The van der Waals surface area contributed by atoms with Gasteiger partial charge < -0.3 is 9.80 Å². The van der Waals surface area contributed by atoms with Crippen LogP contribution in [0.2, 0.25) is 0 Å². The summed E-state index contributed by atoms with van der Waals surface area (Å²) in [6.45, 7) is 10.1.